The second kappa shape index (κ2) is 6.35. The van der Waals surface area contributed by atoms with Gasteiger partial charge in [0.2, 0.25) is 0 Å². The van der Waals surface area contributed by atoms with E-state index in [1.54, 1.807) is 7.11 Å². The van der Waals surface area contributed by atoms with Crippen LogP contribution in [0.3, 0.4) is 0 Å². The van der Waals surface area contributed by atoms with Gasteiger partial charge in [-0.05, 0) is 47.5 Å². The van der Waals surface area contributed by atoms with Gasteiger partial charge in [0.25, 0.3) is 0 Å². The first-order valence-corrected chi connectivity index (χ1v) is 9.06. The van der Waals surface area contributed by atoms with Crippen molar-refractivity contribution in [1.29, 1.82) is 0 Å². The molecule has 3 heterocycles. The zero-order valence-electron chi connectivity index (χ0n) is 14.6. The van der Waals surface area contributed by atoms with Crippen molar-refractivity contribution in [3.8, 4) is 11.5 Å². The number of H-pyrrole nitrogens is 1. The fourth-order valence-corrected chi connectivity index (χ4v) is 4.08. The van der Waals surface area contributed by atoms with Gasteiger partial charge in [-0.3, -0.25) is 5.10 Å². The Morgan fingerprint density at radius 2 is 2.23 bits per heavy atom. The maximum Gasteiger partial charge on any atom is 0.337 e. The molecule has 2 aromatic rings. The molecule has 136 valence electrons. The van der Waals surface area contributed by atoms with Crippen LogP contribution in [0.2, 0.25) is 0 Å². The molecule has 1 atom stereocenters. The summed E-state index contributed by atoms with van der Waals surface area (Å²) in [5.41, 5.74) is 4.09. The van der Waals surface area contributed by atoms with Crippen molar-refractivity contribution in [3.05, 3.63) is 44.7 Å². The molecule has 4 rings (SSSR count). The van der Waals surface area contributed by atoms with E-state index < -0.39 is 0 Å². The molecule has 0 saturated carbocycles. The molecule has 2 N–H and O–H groups in total. The minimum absolute atomic E-state index is 0.228. The molecule has 8 heteroatoms. The Morgan fingerprint density at radius 1 is 1.42 bits per heavy atom. The van der Waals surface area contributed by atoms with Crippen LogP contribution >= 0.6 is 15.9 Å². The number of rotatable bonds is 4. The molecule has 1 aromatic heterocycles. The molecule has 0 fully saturated rings. The third kappa shape index (κ3) is 2.47. The zero-order chi connectivity index (χ0) is 18.4. The van der Waals surface area contributed by atoms with E-state index in [2.05, 4.69) is 31.4 Å². The number of aromatic amines is 1. The predicted molar refractivity (Wildman–Crippen MR) is 98.6 cm³/mol. The van der Waals surface area contributed by atoms with Gasteiger partial charge in [0.15, 0.2) is 17.3 Å². The Balaban J connectivity index is 1.92. The van der Waals surface area contributed by atoms with Crippen molar-refractivity contribution >= 4 is 27.7 Å². The minimum Gasteiger partial charge on any atom is -0.493 e. The number of cyclic esters (lactones) is 1. The number of ether oxygens (including phenoxy) is 3. The van der Waals surface area contributed by atoms with Crippen LogP contribution in [0.1, 0.15) is 29.7 Å². The van der Waals surface area contributed by atoms with Crippen LogP contribution in [-0.2, 0) is 9.53 Å². The smallest absolute Gasteiger partial charge is 0.337 e. The van der Waals surface area contributed by atoms with Crippen LogP contribution in [-0.4, -0.2) is 36.5 Å². The van der Waals surface area contributed by atoms with E-state index in [0.717, 1.165) is 27.0 Å². The van der Waals surface area contributed by atoms with Crippen molar-refractivity contribution < 1.29 is 19.0 Å². The first kappa shape index (κ1) is 17.0. The third-order valence-corrected chi connectivity index (χ3v) is 5.20. The zero-order valence-corrected chi connectivity index (χ0v) is 16.2. The van der Waals surface area contributed by atoms with E-state index >= 15 is 0 Å². The highest BCUT2D eigenvalue weighted by molar-refractivity contribution is 9.10. The van der Waals surface area contributed by atoms with Gasteiger partial charge in [-0.15, -0.1) is 0 Å². The van der Waals surface area contributed by atoms with Gasteiger partial charge in [0.05, 0.1) is 29.5 Å². The van der Waals surface area contributed by atoms with Crippen molar-refractivity contribution in [3.63, 3.8) is 0 Å². The summed E-state index contributed by atoms with van der Waals surface area (Å²) >= 11 is 3.57. The molecule has 0 amide bonds. The Morgan fingerprint density at radius 3 is 2.96 bits per heavy atom. The number of hydrogen-bond acceptors (Lipinski definition) is 6. The van der Waals surface area contributed by atoms with E-state index in [1.807, 2.05) is 26.0 Å². The molecule has 2 aliphatic rings. The van der Waals surface area contributed by atoms with Crippen molar-refractivity contribution in [2.24, 2.45) is 0 Å². The number of carbonyl (C=O) groups excluding carboxylic acids is 1. The number of carbonyl (C=O) groups is 1. The fraction of sp³-hybridized carbons (Fsp3) is 0.333. The second-order valence-electron chi connectivity index (χ2n) is 6.10. The summed E-state index contributed by atoms with van der Waals surface area (Å²) in [5.74, 6) is 1.35. The molecule has 1 aromatic carbocycles. The lowest BCUT2D eigenvalue weighted by molar-refractivity contribution is -0.136. The van der Waals surface area contributed by atoms with Gasteiger partial charge in [-0.25, -0.2) is 4.79 Å². The quantitative estimate of drug-likeness (QED) is 0.739. The number of fused-ring (bicyclic) bond motifs is 1. The molecule has 0 radical (unpaired) electrons. The van der Waals surface area contributed by atoms with Crippen molar-refractivity contribution in [2.75, 3.05) is 25.6 Å². The number of nitrogens with one attached hydrogen (secondary N) is 2. The number of hydrogen-bond donors (Lipinski definition) is 2. The summed E-state index contributed by atoms with van der Waals surface area (Å²) in [7, 11) is 1.60. The number of methoxy groups -OCH3 is 1. The van der Waals surface area contributed by atoms with Gasteiger partial charge >= 0.3 is 5.97 Å². The minimum atomic E-state index is -0.312. The summed E-state index contributed by atoms with van der Waals surface area (Å²) < 4.78 is 17.2. The third-order valence-electron chi connectivity index (χ3n) is 4.61. The molecule has 0 aliphatic carbocycles. The van der Waals surface area contributed by atoms with Crippen LogP contribution in [0.25, 0.3) is 0 Å². The lowest BCUT2D eigenvalue weighted by Gasteiger charge is -2.25. The molecule has 7 nitrogen and oxygen atoms in total. The van der Waals surface area contributed by atoms with E-state index in [9.17, 15) is 4.79 Å². The molecule has 2 aliphatic heterocycles. The monoisotopic (exact) mass is 419 g/mol. The number of aryl methyl sites for hydroxylation is 1. The van der Waals surface area contributed by atoms with E-state index in [-0.39, 0.29) is 18.5 Å². The van der Waals surface area contributed by atoms with E-state index in [1.165, 1.54) is 0 Å². The molecule has 0 saturated heterocycles. The Labute approximate surface area is 158 Å². The Bertz CT molecular complexity index is 935. The fourth-order valence-electron chi connectivity index (χ4n) is 3.51. The molecular weight excluding hydrogens is 402 g/mol. The number of esters is 1. The summed E-state index contributed by atoms with van der Waals surface area (Å²) in [6.07, 6.45) is 0. The van der Waals surface area contributed by atoms with Crippen LogP contribution in [0, 0.1) is 6.92 Å². The maximum atomic E-state index is 12.4. The molecule has 0 unspecified atom stereocenters. The number of aromatic nitrogens is 2. The van der Waals surface area contributed by atoms with Gasteiger partial charge in [-0.2, -0.15) is 5.10 Å². The van der Waals surface area contributed by atoms with Gasteiger partial charge in [0, 0.05) is 17.2 Å². The lowest BCUT2D eigenvalue weighted by atomic mass is 9.82. The maximum absolute atomic E-state index is 12.4. The summed E-state index contributed by atoms with van der Waals surface area (Å²) in [5, 5.41) is 10.5. The predicted octanol–water partition coefficient (Wildman–Crippen LogP) is 3.26. The van der Waals surface area contributed by atoms with E-state index in [4.69, 9.17) is 14.2 Å². The lowest BCUT2D eigenvalue weighted by Crippen LogP contribution is -2.20. The number of nitrogens with zero attached hydrogens (tertiary/aromatic N) is 1. The molecular formula is C18H18BrN3O4. The summed E-state index contributed by atoms with van der Waals surface area (Å²) in [6, 6.07) is 3.86. The van der Waals surface area contributed by atoms with Gasteiger partial charge in [-0.1, -0.05) is 0 Å². The van der Waals surface area contributed by atoms with Gasteiger partial charge in [0.1, 0.15) is 6.61 Å². The molecule has 0 bridgehead atoms. The highest BCUT2D eigenvalue weighted by Gasteiger charge is 2.41. The average molecular weight is 420 g/mol. The standard InChI is InChI=1S/C18H18BrN3O4/c1-4-25-16-10(19)5-9(6-12(16)24-3)14-13-8(2)21-22-17(13)20-11-7-26-18(23)15(11)14/h5-6,14H,4,7H2,1-3H3,(H2,20,21,22)/t14-/m0/s1. The first-order valence-electron chi connectivity index (χ1n) is 8.27. The highest BCUT2D eigenvalue weighted by atomic mass is 79.9. The summed E-state index contributed by atoms with van der Waals surface area (Å²) in [4.78, 5) is 12.4. The molecule has 0 spiro atoms. The van der Waals surface area contributed by atoms with Crippen LogP contribution in [0.5, 0.6) is 11.5 Å². The van der Waals surface area contributed by atoms with Crippen molar-refractivity contribution in [1.82, 2.24) is 10.2 Å². The average Bonchev–Trinajstić information content (AvgIpc) is 3.18. The van der Waals surface area contributed by atoms with E-state index in [0.29, 0.717) is 29.5 Å². The SMILES string of the molecule is CCOc1c(Br)cc([C@@H]2C3=C(COC3=O)Nc3n[nH]c(C)c32)cc1OC. The van der Waals surface area contributed by atoms with Crippen molar-refractivity contribution in [2.45, 2.75) is 19.8 Å². The highest BCUT2D eigenvalue weighted by Crippen LogP contribution is 2.48. The summed E-state index contributed by atoms with van der Waals surface area (Å²) in [6.45, 7) is 4.60. The number of halogens is 1. The largest absolute Gasteiger partial charge is 0.493 e. The Kier molecular flexibility index (Phi) is 4.14. The number of anilines is 1. The van der Waals surface area contributed by atoms with Crippen LogP contribution in [0.4, 0.5) is 5.82 Å². The second-order valence-corrected chi connectivity index (χ2v) is 6.96. The van der Waals surface area contributed by atoms with Crippen LogP contribution in [0.15, 0.2) is 27.9 Å². The topological polar surface area (TPSA) is 85.5 Å². The van der Waals surface area contributed by atoms with Gasteiger partial charge < -0.3 is 19.5 Å². The normalized spacial score (nSPS) is 18.2. The molecule has 26 heavy (non-hydrogen) atoms. The first-order chi connectivity index (χ1) is 12.5. The Hall–Kier alpha value is -2.48. The number of benzene rings is 1. The van der Waals surface area contributed by atoms with Crippen LogP contribution < -0.4 is 14.8 Å².